The topological polar surface area (TPSA) is 83.6 Å². The van der Waals surface area contributed by atoms with Gasteiger partial charge in [0.15, 0.2) is 0 Å². The standard InChI is InChI=1S/C18H19FN2O4S2/c1-26(23)12-10-21(11-13-26)27(24,25)17-5-3-2-4-16(17)20-18(22)14-6-8-15(19)9-7-14/h2-9H,1,10-13H2,(H,20,22). The van der Waals surface area contributed by atoms with Gasteiger partial charge in [0.2, 0.25) is 10.0 Å². The van der Waals surface area contributed by atoms with Gasteiger partial charge in [0.25, 0.3) is 5.91 Å². The van der Waals surface area contributed by atoms with Gasteiger partial charge in [-0.2, -0.15) is 4.31 Å². The van der Waals surface area contributed by atoms with Gasteiger partial charge < -0.3 is 5.32 Å². The van der Waals surface area contributed by atoms with Crippen molar-refractivity contribution < 1.29 is 21.8 Å². The first-order valence-electron chi connectivity index (χ1n) is 8.18. The number of nitrogens with zero attached hydrogens (tertiary/aromatic N) is 1. The molecule has 1 fully saturated rings. The van der Waals surface area contributed by atoms with Crippen molar-refractivity contribution in [3.63, 3.8) is 0 Å². The minimum Gasteiger partial charge on any atom is -0.321 e. The average molecular weight is 410 g/mol. The van der Waals surface area contributed by atoms with E-state index in [2.05, 4.69) is 11.2 Å². The molecule has 27 heavy (non-hydrogen) atoms. The molecular weight excluding hydrogens is 391 g/mol. The van der Waals surface area contributed by atoms with Crippen molar-refractivity contribution in [2.75, 3.05) is 29.9 Å². The lowest BCUT2D eigenvalue weighted by molar-refractivity contribution is 0.102. The van der Waals surface area contributed by atoms with E-state index < -0.39 is 31.3 Å². The summed E-state index contributed by atoms with van der Waals surface area (Å²) in [5.41, 5.74) is 0.339. The van der Waals surface area contributed by atoms with Gasteiger partial charge in [-0.25, -0.2) is 12.8 Å². The number of para-hydroxylation sites is 1. The summed E-state index contributed by atoms with van der Waals surface area (Å²) in [6.07, 6.45) is 0. The monoisotopic (exact) mass is 410 g/mol. The number of hydrogen-bond donors (Lipinski definition) is 1. The van der Waals surface area contributed by atoms with Gasteiger partial charge >= 0.3 is 0 Å². The molecule has 1 heterocycles. The summed E-state index contributed by atoms with van der Waals surface area (Å²) in [6.45, 7) is 0.232. The largest absolute Gasteiger partial charge is 0.321 e. The molecule has 2 aromatic carbocycles. The van der Waals surface area contributed by atoms with Crippen LogP contribution in [0.15, 0.2) is 53.4 Å². The Kier molecular flexibility index (Phi) is 5.36. The van der Waals surface area contributed by atoms with Gasteiger partial charge in [0, 0.05) is 30.2 Å². The predicted octanol–water partition coefficient (Wildman–Crippen LogP) is 1.80. The van der Waals surface area contributed by atoms with Crippen LogP contribution < -0.4 is 5.32 Å². The lowest BCUT2D eigenvalue weighted by atomic mass is 10.2. The van der Waals surface area contributed by atoms with Crippen LogP contribution >= 0.6 is 0 Å². The Morgan fingerprint density at radius 2 is 1.67 bits per heavy atom. The van der Waals surface area contributed by atoms with Gasteiger partial charge in [-0.1, -0.05) is 12.1 Å². The van der Waals surface area contributed by atoms with Crippen LogP contribution in [0.25, 0.3) is 0 Å². The molecule has 1 aliphatic heterocycles. The molecule has 0 unspecified atom stereocenters. The maximum Gasteiger partial charge on any atom is 0.255 e. The molecular formula is C18H19FN2O4S2. The third-order valence-corrected chi connectivity index (χ3v) is 8.09. The highest BCUT2D eigenvalue weighted by Crippen LogP contribution is 2.26. The van der Waals surface area contributed by atoms with Gasteiger partial charge in [-0.05, 0) is 51.8 Å². The third kappa shape index (κ3) is 4.37. The van der Waals surface area contributed by atoms with Crippen LogP contribution in [0.5, 0.6) is 0 Å². The van der Waals surface area contributed by atoms with Gasteiger partial charge in [0.05, 0.1) is 5.69 Å². The lowest BCUT2D eigenvalue weighted by Gasteiger charge is -2.28. The fraction of sp³-hybridized carbons (Fsp3) is 0.222. The molecule has 6 nitrogen and oxygen atoms in total. The van der Waals surface area contributed by atoms with E-state index in [4.69, 9.17) is 0 Å². The molecule has 0 aromatic heterocycles. The van der Waals surface area contributed by atoms with E-state index in [9.17, 15) is 21.8 Å². The molecule has 0 saturated carbocycles. The number of amides is 1. The quantitative estimate of drug-likeness (QED) is 0.779. The molecule has 9 heteroatoms. The van der Waals surface area contributed by atoms with E-state index >= 15 is 0 Å². The minimum absolute atomic E-state index is 0.0436. The molecule has 0 atom stereocenters. The van der Waals surface area contributed by atoms with E-state index in [-0.39, 0.29) is 40.7 Å². The van der Waals surface area contributed by atoms with Crippen molar-refractivity contribution in [2.45, 2.75) is 4.90 Å². The van der Waals surface area contributed by atoms with Crippen molar-refractivity contribution in [3.05, 3.63) is 59.9 Å². The second-order valence-corrected chi connectivity index (χ2v) is 10.9. The lowest BCUT2D eigenvalue weighted by Crippen LogP contribution is -2.43. The number of hydrogen-bond acceptors (Lipinski definition) is 4. The van der Waals surface area contributed by atoms with Crippen molar-refractivity contribution in [3.8, 4) is 0 Å². The first-order chi connectivity index (χ1) is 12.7. The zero-order valence-electron chi connectivity index (χ0n) is 14.4. The number of carbonyl (C=O) groups is 1. The van der Waals surface area contributed by atoms with E-state index in [1.54, 1.807) is 12.1 Å². The number of halogens is 1. The van der Waals surface area contributed by atoms with Crippen molar-refractivity contribution in [2.24, 2.45) is 0 Å². The first kappa shape index (κ1) is 19.5. The van der Waals surface area contributed by atoms with Gasteiger partial charge in [-0.15, -0.1) is 0 Å². The molecule has 1 saturated heterocycles. The predicted molar refractivity (Wildman–Crippen MR) is 105 cm³/mol. The Morgan fingerprint density at radius 3 is 2.30 bits per heavy atom. The van der Waals surface area contributed by atoms with Crippen LogP contribution in [0.4, 0.5) is 10.1 Å². The smallest absolute Gasteiger partial charge is 0.255 e. The maximum absolute atomic E-state index is 13.0. The van der Waals surface area contributed by atoms with Crippen LogP contribution in [-0.2, 0) is 19.5 Å². The molecule has 3 rings (SSSR count). The van der Waals surface area contributed by atoms with Crippen LogP contribution in [0.1, 0.15) is 10.4 Å². The zero-order valence-corrected chi connectivity index (χ0v) is 16.1. The Labute approximate surface area is 158 Å². The van der Waals surface area contributed by atoms with Crippen LogP contribution in [0.3, 0.4) is 0 Å². The van der Waals surface area contributed by atoms with Gasteiger partial charge in [-0.3, -0.25) is 9.00 Å². The molecule has 0 radical (unpaired) electrons. The summed E-state index contributed by atoms with van der Waals surface area (Å²) in [6, 6.07) is 11.0. The Bertz CT molecular complexity index is 1050. The maximum atomic E-state index is 13.0. The number of nitrogens with one attached hydrogen (secondary N) is 1. The van der Waals surface area contributed by atoms with Crippen molar-refractivity contribution in [1.82, 2.24) is 4.31 Å². The molecule has 0 spiro atoms. The third-order valence-electron chi connectivity index (χ3n) is 4.28. The summed E-state index contributed by atoms with van der Waals surface area (Å²) in [5, 5.41) is 2.57. The number of rotatable bonds is 4. The number of carbonyl (C=O) groups excluding carboxylic acids is 1. The second-order valence-electron chi connectivity index (χ2n) is 6.24. The van der Waals surface area contributed by atoms with E-state index in [0.717, 1.165) is 12.1 Å². The number of benzene rings is 2. The molecule has 2 aromatic rings. The number of sulfonamides is 1. The highest BCUT2D eigenvalue weighted by molar-refractivity contribution is 8.00. The number of anilines is 1. The van der Waals surface area contributed by atoms with Crippen LogP contribution in [0.2, 0.25) is 0 Å². The Morgan fingerprint density at radius 1 is 1.07 bits per heavy atom. The molecule has 1 aliphatic rings. The summed E-state index contributed by atoms with van der Waals surface area (Å²) >= 11 is 0. The highest BCUT2D eigenvalue weighted by atomic mass is 32.2. The first-order valence-corrected chi connectivity index (χ1v) is 11.7. The summed E-state index contributed by atoms with van der Waals surface area (Å²) < 4.78 is 52.2. The summed E-state index contributed by atoms with van der Waals surface area (Å²) in [5.74, 6) is 3.03. The molecule has 1 amide bonds. The molecule has 1 N–H and O–H groups in total. The molecule has 144 valence electrons. The van der Waals surface area contributed by atoms with Crippen molar-refractivity contribution >= 4 is 37.0 Å². The Hall–Kier alpha value is -2.23. The molecule has 0 aliphatic carbocycles. The highest BCUT2D eigenvalue weighted by Gasteiger charge is 2.31. The van der Waals surface area contributed by atoms with Gasteiger partial charge in [0.1, 0.15) is 10.7 Å². The second kappa shape index (κ2) is 7.41. The van der Waals surface area contributed by atoms with E-state index in [1.165, 1.54) is 28.6 Å². The average Bonchev–Trinajstić information content (AvgIpc) is 2.62. The zero-order chi connectivity index (χ0) is 19.7. The SMILES string of the molecule is C=S1(=O)CCN(S(=O)(=O)c2ccccc2NC(=O)c2ccc(F)cc2)CC1. The van der Waals surface area contributed by atoms with E-state index in [0.29, 0.717) is 0 Å². The fourth-order valence-electron chi connectivity index (χ4n) is 2.72. The van der Waals surface area contributed by atoms with Crippen molar-refractivity contribution in [1.29, 1.82) is 0 Å². The molecule has 0 bridgehead atoms. The summed E-state index contributed by atoms with van der Waals surface area (Å²) in [4.78, 5) is 12.3. The van der Waals surface area contributed by atoms with Crippen LogP contribution in [0, 0.1) is 5.82 Å². The fourth-order valence-corrected chi connectivity index (χ4v) is 5.85. The van der Waals surface area contributed by atoms with E-state index in [1.807, 2.05) is 0 Å². The minimum atomic E-state index is -3.87. The van der Waals surface area contributed by atoms with Crippen LogP contribution in [-0.4, -0.2) is 53.3 Å². The Balaban J connectivity index is 1.87. The normalized spacial score (nSPS) is 17.4. The summed E-state index contributed by atoms with van der Waals surface area (Å²) in [7, 11) is -6.11.